The molecule has 1 atom stereocenters. The van der Waals surface area contributed by atoms with Crippen molar-refractivity contribution < 1.29 is 4.52 Å². The molecule has 160 valence electrons. The van der Waals surface area contributed by atoms with Gasteiger partial charge in [0.05, 0.1) is 17.7 Å². The lowest BCUT2D eigenvalue weighted by molar-refractivity contribution is 0.110. The van der Waals surface area contributed by atoms with Gasteiger partial charge in [-0.2, -0.15) is 10.2 Å². The molecule has 1 unspecified atom stereocenters. The molecule has 5 rings (SSSR count). The van der Waals surface area contributed by atoms with Gasteiger partial charge in [0.2, 0.25) is 11.7 Å². The fourth-order valence-electron chi connectivity index (χ4n) is 4.26. The summed E-state index contributed by atoms with van der Waals surface area (Å²) >= 11 is 0. The smallest absolute Gasteiger partial charge is 0.244 e. The summed E-state index contributed by atoms with van der Waals surface area (Å²) in [5.41, 5.74) is 3.70. The van der Waals surface area contributed by atoms with Crippen LogP contribution in [0.4, 0.5) is 0 Å². The predicted octanol–water partition coefficient (Wildman–Crippen LogP) is 4.65. The lowest BCUT2D eigenvalue weighted by Gasteiger charge is -2.32. The highest BCUT2D eigenvalue weighted by atomic mass is 16.5. The molecule has 4 aromatic rings. The zero-order valence-electron chi connectivity index (χ0n) is 17.7. The van der Waals surface area contributed by atoms with Crippen LogP contribution >= 0.6 is 0 Å². The van der Waals surface area contributed by atoms with Crippen molar-refractivity contribution in [2.24, 2.45) is 0 Å². The summed E-state index contributed by atoms with van der Waals surface area (Å²) in [7, 11) is 0. The van der Waals surface area contributed by atoms with Crippen LogP contribution in [0.3, 0.4) is 0 Å². The number of nitriles is 1. The van der Waals surface area contributed by atoms with E-state index in [0.29, 0.717) is 17.3 Å². The Labute approximate surface area is 186 Å². The van der Waals surface area contributed by atoms with Gasteiger partial charge in [-0.1, -0.05) is 54.0 Å². The van der Waals surface area contributed by atoms with Crippen LogP contribution < -0.4 is 0 Å². The summed E-state index contributed by atoms with van der Waals surface area (Å²) < 4.78 is 5.67. The molecule has 0 aliphatic carbocycles. The maximum absolute atomic E-state index is 9.15. The highest BCUT2D eigenvalue weighted by molar-refractivity contribution is 5.57. The number of likely N-dealkylation sites (tertiary alicyclic amines) is 1. The molecule has 1 saturated heterocycles. The number of imidazole rings is 1. The van der Waals surface area contributed by atoms with Gasteiger partial charge in [-0.25, -0.2) is 4.98 Å². The molecule has 0 bridgehead atoms. The maximum Gasteiger partial charge on any atom is 0.244 e. The number of rotatable bonds is 6. The van der Waals surface area contributed by atoms with Crippen LogP contribution in [0.5, 0.6) is 0 Å². The first-order valence-electron chi connectivity index (χ1n) is 10.9. The highest BCUT2D eigenvalue weighted by Gasteiger charge is 2.29. The van der Waals surface area contributed by atoms with Crippen molar-refractivity contribution in [3.8, 4) is 17.5 Å². The predicted molar refractivity (Wildman–Crippen MR) is 119 cm³/mol. The third-order valence-corrected chi connectivity index (χ3v) is 5.86. The Morgan fingerprint density at radius 3 is 2.91 bits per heavy atom. The Morgan fingerprint density at radius 1 is 1.12 bits per heavy atom. The molecule has 7 nitrogen and oxygen atoms in total. The van der Waals surface area contributed by atoms with Gasteiger partial charge < -0.3 is 9.51 Å². The summed E-state index contributed by atoms with van der Waals surface area (Å²) in [5, 5.41) is 13.3. The SMILES string of the molecule is N#Cc1cccc(-c2noc(C3CCCCN3Cc3cnc(Cc4ccccc4)[nH]3)n2)c1. The van der Waals surface area contributed by atoms with E-state index in [-0.39, 0.29) is 6.04 Å². The van der Waals surface area contributed by atoms with E-state index in [2.05, 4.69) is 43.2 Å². The van der Waals surface area contributed by atoms with Gasteiger partial charge in [0.25, 0.3) is 0 Å². The van der Waals surface area contributed by atoms with Crippen LogP contribution in [-0.2, 0) is 13.0 Å². The molecule has 1 fully saturated rings. The Bertz CT molecular complexity index is 1220. The molecule has 0 spiro atoms. The molecule has 32 heavy (non-hydrogen) atoms. The zero-order valence-corrected chi connectivity index (χ0v) is 17.7. The fourth-order valence-corrected chi connectivity index (χ4v) is 4.26. The first kappa shape index (κ1) is 20.2. The van der Waals surface area contributed by atoms with Gasteiger partial charge >= 0.3 is 0 Å². The molecule has 0 saturated carbocycles. The minimum atomic E-state index is 0.0741. The lowest BCUT2D eigenvalue weighted by Crippen LogP contribution is -2.33. The van der Waals surface area contributed by atoms with Gasteiger partial charge in [0, 0.05) is 30.4 Å². The Hall–Kier alpha value is -3.76. The normalized spacial score (nSPS) is 16.7. The van der Waals surface area contributed by atoms with E-state index in [1.54, 1.807) is 12.1 Å². The number of hydrogen-bond donors (Lipinski definition) is 1. The number of benzene rings is 2. The summed E-state index contributed by atoms with van der Waals surface area (Å²) in [6, 6.07) is 19.9. The summed E-state index contributed by atoms with van der Waals surface area (Å²) in [4.78, 5) is 15.1. The molecule has 2 aromatic heterocycles. The summed E-state index contributed by atoms with van der Waals surface area (Å²) in [6.07, 6.45) is 5.97. The average molecular weight is 425 g/mol. The Balaban J connectivity index is 1.31. The quantitative estimate of drug-likeness (QED) is 0.484. The van der Waals surface area contributed by atoms with Crippen LogP contribution in [0.1, 0.15) is 53.8 Å². The maximum atomic E-state index is 9.15. The second kappa shape index (κ2) is 9.16. The van der Waals surface area contributed by atoms with Gasteiger partial charge in [-0.05, 0) is 37.1 Å². The standard InChI is InChI=1S/C25H24N6O/c26-15-19-9-6-10-20(13-19)24-29-25(32-30-24)22-11-4-5-12-31(22)17-21-16-27-23(28-21)14-18-7-2-1-3-8-18/h1-3,6-10,13,16,22H,4-5,11-12,14,17H2,(H,27,28). The van der Waals surface area contributed by atoms with Gasteiger partial charge in [-0.15, -0.1) is 0 Å². The van der Waals surface area contributed by atoms with Crippen LogP contribution in [0.15, 0.2) is 65.3 Å². The third-order valence-electron chi connectivity index (χ3n) is 5.86. The molecular weight excluding hydrogens is 400 g/mol. The average Bonchev–Trinajstić information content (AvgIpc) is 3.50. The van der Waals surface area contributed by atoms with Crippen molar-refractivity contribution in [1.82, 2.24) is 25.0 Å². The van der Waals surface area contributed by atoms with Gasteiger partial charge in [-0.3, -0.25) is 4.90 Å². The van der Waals surface area contributed by atoms with E-state index in [9.17, 15) is 0 Å². The Morgan fingerprint density at radius 2 is 2.03 bits per heavy atom. The molecule has 0 amide bonds. The fraction of sp³-hybridized carbons (Fsp3) is 0.280. The molecule has 1 aliphatic rings. The van der Waals surface area contributed by atoms with Crippen LogP contribution in [0.2, 0.25) is 0 Å². The van der Waals surface area contributed by atoms with Gasteiger partial charge in [0.15, 0.2) is 0 Å². The van der Waals surface area contributed by atoms with Crippen molar-refractivity contribution >= 4 is 0 Å². The van der Waals surface area contributed by atoms with Crippen LogP contribution in [-0.4, -0.2) is 31.6 Å². The minimum Gasteiger partial charge on any atom is -0.345 e. The first-order valence-corrected chi connectivity index (χ1v) is 10.9. The lowest BCUT2D eigenvalue weighted by atomic mass is 10.0. The zero-order chi connectivity index (χ0) is 21.8. The molecular formula is C25H24N6O. The molecule has 1 N–H and O–H groups in total. The van der Waals surface area contributed by atoms with E-state index < -0.39 is 0 Å². The number of aromatic nitrogens is 4. The highest BCUT2D eigenvalue weighted by Crippen LogP contribution is 2.32. The van der Waals surface area contributed by atoms with Crippen LogP contribution in [0.25, 0.3) is 11.4 Å². The monoisotopic (exact) mass is 424 g/mol. The second-order valence-corrected chi connectivity index (χ2v) is 8.15. The molecule has 2 aromatic carbocycles. The van der Waals surface area contributed by atoms with Gasteiger partial charge in [0.1, 0.15) is 5.82 Å². The molecule has 1 aliphatic heterocycles. The first-order chi connectivity index (χ1) is 15.8. The Kier molecular flexibility index (Phi) is 5.77. The molecule has 7 heteroatoms. The number of piperidine rings is 1. The topological polar surface area (TPSA) is 94.6 Å². The van der Waals surface area contributed by atoms with E-state index in [1.165, 1.54) is 5.56 Å². The van der Waals surface area contributed by atoms with Crippen molar-refractivity contribution in [3.63, 3.8) is 0 Å². The molecule has 3 heterocycles. The van der Waals surface area contributed by atoms with E-state index in [4.69, 9.17) is 9.78 Å². The summed E-state index contributed by atoms with van der Waals surface area (Å²) in [5.74, 6) is 2.12. The second-order valence-electron chi connectivity index (χ2n) is 8.15. The number of nitrogens with one attached hydrogen (secondary N) is 1. The third kappa shape index (κ3) is 4.46. The summed E-state index contributed by atoms with van der Waals surface area (Å²) in [6.45, 7) is 1.73. The molecule has 0 radical (unpaired) electrons. The van der Waals surface area contributed by atoms with Crippen molar-refractivity contribution in [2.75, 3.05) is 6.54 Å². The van der Waals surface area contributed by atoms with E-state index in [0.717, 1.165) is 55.9 Å². The number of nitrogens with zero attached hydrogens (tertiary/aromatic N) is 5. The number of H-pyrrole nitrogens is 1. The van der Waals surface area contributed by atoms with Crippen molar-refractivity contribution in [1.29, 1.82) is 5.26 Å². The van der Waals surface area contributed by atoms with Crippen molar-refractivity contribution in [3.05, 3.63) is 89.3 Å². The minimum absolute atomic E-state index is 0.0741. The van der Waals surface area contributed by atoms with Crippen LogP contribution in [0, 0.1) is 11.3 Å². The van der Waals surface area contributed by atoms with E-state index in [1.807, 2.05) is 36.5 Å². The number of hydrogen-bond acceptors (Lipinski definition) is 6. The largest absolute Gasteiger partial charge is 0.345 e. The van der Waals surface area contributed by atoms with Crippen molar-refractivity contribution in [2.45, 2.75) is 38.3 Å². The number of aromatic amines is 1. The van der Waals surface area contributed by atoms with E-state index >= 15 is 0 Å².